The van der Waals surface area contributed by atoms with E-state index < -0.39 is 141 Å². The molecule has 0 aromatic heterocycles. The number of carbonyl (C=O) groups excluding carboxylic acids is 4. The van der Waals surface area contributed by atoms with Gasteiger partial charge in [0.05, 0.1) is 106 Å². The second-order valence-electron chi connectivity index (χ2n) is 29.9. The molecule has 6 aliphatic heterocycles. The van der Waals surface area contributed by atoms with E-state index in [1.807, 2.05) is 97.0 Å². The molecular weight excluding hydrogens is 1350 g/mol. The SMILES string of the molecule is CCC1O[C@H](O[C@@H]2C(OCc3ccccc3)[C@H](OCCCC(=O)OC)OC(CO[C@H]3OC(CO[C@H]4OC(CC)[C@@H](C)[C@H](C)C4O[C@H]4OC(CO)[C@@H](C)[C@H](C)C4OC(=O)c4ccccc4)[C@@H](C)[C@H](C)C3OC(=O)c3ccccc3)[C@H]2C)C(O[C@H]2OC(CO)[C@@H](C)[C@H](C)C2OC(=O)c2ccccc2)[C@@H](C)[C@@H]1C. The molecular formula is C82H114O23. The molecule has 580 valence electrons. The third-order valence-electron chi connectivity index (χ3n) is 23.5. The fraction of sp³-hybridized carbons (Fsp3) is 0.659. The van der Waals surface area contributed by atoms with E-state index in [0.29, 0.717) is 29.5 Å². The minimum atomic E-state index is -1.23. The van der Waals surface area contributed by atoms with E-state index in [0.717, 1.165) is 5.56 Å². The maximum Gasteiger partial charge on any atom is 0.338 e. The van der Waals surface area contributed by atoms with Gasteiger partial charge in [-0.15, -0.1) is 0 Å². The van der Waals surface area contributed by atoms with Gasteiger partial charge in [0.25, 0.3) is 0 Å². The van der Waals surface area contributed by atoms with Gasteiger partial charge < -0.3 is 90.7 Å². The molecule has 6 saturated heterocycles. The molecule has 0 spiro atoms. The van der Waals surface area contributed by atoms with Crippen LogP contribution >= 0.6 is 0 Å². The molecule has 105 heavy (non-hydrogen) atoms. The number of rotatable bonds is 30. The van der Waals surface area contributed by atoms with Crippen molar-refractivity contribution in [1.82, 2.24) is 0 Å². The van der Waals surface area contributed by atoms with Crippen molar-refractivity contribution in [3.05, 3.63) is 144 Å². The molecule has 4 aromatic rings. The summed E-state index contributed by atoms with van der Waals surface area (Å²) in [6.45, 7) is 25.7. The molecule has 10 rings (SSSR count). The van der Waals surface area contributed by atoms with Crippen LogP contribution in [0.15, 0.2) is 121 Å². The highest BCUT2D eigenvalue weighted by Gasteiger charge is 2.56. The number of benzene rings is 4. The van der Waals surface area contributed by atoms with Crippen LogP contribution < -0.4 is 0 Å². The molecule has 23 nitrogen and oxygen atoms in total. The van der Waals surface area contributed by atoms with Crippen LogP contribution in [0.3, 0.4) is 0 Å². The van der Waals surface area contributed by atoms with Crippen molar-refractivity contribution in [1.29, 1.82) is 0 Å². The summed E-state index contributed by atoms with van der Waals surface area (Å²) in [5, 5.41) is 21.4. The molecule has 6 aliphatic rings. The lowest BCUT2D eigenvalue weighted by molar-refractivity contribution is -0.377. The first-order chi connectivity index (χ1) is 50.6. The fourth-order valence-electron chi connectivity index (χ4n) is 15.5. The molecule has 2 N–H and O–H groups in total. The quantitative estimate of drug-likeness (QED) is 0.0279. The second kappa shape index (κ2) is 38.5. The van der Waals surface area contributed by atoms with Crippen LogP contribution in [-0.4, -0.2) is 191 Å². The van der Waals surface area contributed by atoms with E-state index in [2.05, 4.69) is 41.5 Å². The molecule has 0 bridgehead atoms. The highest BCUT2D eigenvalue weighted by Crippen LogP contribution is 2.45. The van der Waals surface area contributed by atoms with E-state index in [4.69, 9.17) is 80.5 Å². The first kappa shape index (κ1) is 81.7. The zero-order valence-electron chi connectivity index (χ0n) is 63.4. The first-order valence-electron chi connectivity index (χ1n) is 38.0. The van der Waals surface area contributed by atoms with Gasteiger partial charge in [-0.1, -0.05) is 175 Å². The van der Waals surface area contributed by atoms with E-state index in [1.165, 1.54) is 7.11 Å². The van der Waals surface area contributed by atoms with Crippen LogP contribution in [0.1, 0.15) is 152 Å². The predicted octanol–water partition coefficient (Wildman–Crippen LogP) is 11.6. The number of hydrogen-bond donors (Lipinski definition) is 2. The van der Waals surface area contributed by atoms with Gasteiger partial charge in [0.1, 0.15) is 18.3 Å². The molecule has 0 aliphatic carbocycles. The summed E-state index contributed by atoms with van der Waals surface area (Å²) in [6, 6.07) is 35.9. The third-order valence-corrected chi connectivity index (χ3v) is 23.5. The predicted molar refractivity (Wildman–Crippen MR) is 383 cm³/mol. The Balaban J connectivity index is 0.957. The molecule has 30 atom stereocenters. The summed E-state index contributed by atoms with van der Waals surface area (Å²) in [5.41, 5.74) is 1.93. The summed E-state index contributed by atoms with van der Waals surface area (Å²) in [7, 11) is 1.33. The van der Waals surface area contributed by atoms with Gasteiger partial charge in [-0.2, -0.15) is 0 Å². The maximum absolute atomic E-state index is 14.3. The molecule has 0 saturated carbocycles. The maximum atomic E-state index is 14.3. The molecule has 6 fully saturated rings. The summed E-state index contributed by atoms with van der Waals surface area (Å²) in [4.78, 5) is 54.6. The van der Waals surface area contributed by atoms with Gasteiger partial charge in [-0.3, -0.25) is 4.79 Å². The highest BCUT2D eigenvalue weighted by molar-refractivity contribution is 5.90. The number of methoxy groups -OCH3 is 1. The Morgan fingerprint density at radius 3 is 1.10 bits per heavy atom. The average Bonchev–Trinajstić information content (AvgIpc) is 0.774. The molecule has 0 radical (unpaired) electrons. The van der Waals surface area contributed by atoms with Crippen molar-refractivity contribution >= 4 is 23.9 Å². The Labute approximate surface area is 619 Å². The van der Waals surface area contributed by atoms with Crippen LogP contribution in [0, 0.1) is 65.1 Å². The van der Waals surface area contributed by atoms with Crippen LogP contribution in [0.2, 0.25) is 0 Å². The number of ether oxygens (including phenoxy) is 17. The van der Waals surface area contributed by atoms with E-state index >= 15 is 0 Å². The van der Waals surface area contributed by atoms with Crippen LogP contribution in [0.4, 0.5) is 0 Å². The fourth-order valence-corrected chi connectivity index (χ4v) is 15.5. The Kier molecular flexibility index (Phi) is 29.9. The third kappa shape index (κ3) is 19.8. The van der Waals surface area contributed by atoms with Crippen molar-refractivity contribution < 1.29 is 110 Å². The highest BCUT2D eigenvalue weighted by atomic mass is 16.8. The molecule has 0 amide bonds. The van der Waals surface area contributed by atoms with Gasteiger partial charge in [0.15, 0.2) is 56.1 Å². The van der Waals surface area contributed by atoms with E-state index in [9.17, 15) is 29.4 Å². The molecule has 23 heteroatoms. The normalized spacial score (nSPS) is 37.9. The van der Waals surface area contributed by atoms with Crippen molar-refractivity contribution in [3.8, 4) is 0 Å². The van der Waals surface area contributed by atoms with Crippen LogP contribution in [-0.2, 0) is 91.9 Å². The van der Waals surface area contributed by atoms with Crippen molar-refractivity contribution in [3.63, 3.8) is 0 Å². The Morgan fingerprint density at radius 1 is 0.352 bits per heavy atom. The molecule has 4 aromatic carbocycles. The summed E-state index contributed by atoms with van der Waals surface area (Å²) in [6.07, 6.45) is -14.8. The largest absolute Gasteiger partial charge is 0.469 e. The number of aliphatic hydroxyl groups is 2. The van der Waals surface area contributed by atoms with Crippen molar-refractivity contribution in [2.75, 3.05) is 40.1 Å². The van der Waals surface area contributed by atoms with Gasteiger partial charge in [0.2, 0.25) is 0 Å². The summed E-state index contributed by atoms with van der Waals surface area (Å²) in [5.74, 6) is -4.96. The zero-order chi connectivity index (χ0) is 75.2. The second-order valence-corrected chi connectivity index (χ2v) is 29.9. The van der Waals surface area contributed by atoms with Crippen molar-refractivity contribution in [2.24, 2.45) is 65.1 Å². The Morgan fingerprint density at radius 2 is 0.676 bits per heavy atom. The average molecular weight is 1470 g/mol. The lowest BCUT2D eigenvalue weighted by Crippen LogP contribution is -2.62. The molecule has 6 heterocycles. The van der Waals surface area contributed by atoms with Crippen LogP contribution in [0.25, 0.3) is 0 Å². The number of carbonyl (C=O) groups is 4. The van der Waals surface area contributed by atoms with Crippen LogP contribution in [0.5, 0.6) is 0 Å². The smallest absolute Gasteiger partial charge is 0.338 e. The summed E-state index contributed by atoms with van der Waals surface area (Å²) < 4.78 is 115. The van der Waals surface area contributed by atoms with E-state index in [1.54, 1.807) is 72.8 Å². The van der Waals surface area contributed by atoms with Gasteiger partial charge >= 0.3 is 23.9 Å². The summed E-state index contributed by atoms with van der Waals surface area (Å²) >= 11 is 0. The van der Waals surface area contributed by atoms with Gasteiger partial charge in [-0.05, 0) is 103 Å². The lowest BCUT2D eigenvalue weighted by Gasteiger charge is -2.51. The minimum absolute atomic E-state index is 0.00670. The topological polar surface area (TPSA) is 266 Å². The van der Waals surface area contributed by atoms with E-state index in [-0.39, 0.29) is 118 Å². The Bertz CT molecular complexity index is 3300. The number of hydrogen-bond acceptors (Lipinski definition) is 23. The number of esters is 4. The van der Waals surface area contributed by atoms with Crippen molar-refractivity contribution in [2.45, 2.75) is 239 Å². The standard InChI is InChI=1S/C82H114O23/c1-15-60-45(3)50(8)69(104-80-70(52(10)47(5)62(40-83)96-80)101-75(87)58-34-25-19-26-35-58)78(94-60)92-43-64-49(7)54(12)68(100-74(86)57-32-23-18-24-33-57)77(98-64)93-44-65-55(13)67(73(91-42-56-30-21-17-22-31-56)79(99-65)90-39-29-38-66(85)89-14)103-82-72(51(9)46(4)61(16-2)95-82)105-81-71(53(11)48(6)63(41-84)97-81)102-76(88)59-36-27-20-28-37-59/h17-28,30-37,45-55,60-65,67-73,77-84H,15-16,29,38-44H2,1-14H3/t45-,46-,47-,48-,49-,50-,51-,52-,53-,54-,55+,60?,61?,62?,63?,64?,65?,67-,68?,69?,70?,71?,72?,73?,77-,78-,79+,80+,81+,82+/m0/s1. The Hall–Kier alpha value is -5.84. The molecule has 12 unspecified atom stereocenters. The van der Waals surface area contributed by atoms with Gasteiger partial charge in [0, 0.05) is 30.1 Å². The minimum Gasteiger partial charge on any atom is -0.469 e. The zero-order valence-corrected chi connectivity index (χ0v) is 63.4. The monoisotopic (exact) mass is 1470 g/mol. The van der Waals surface area contributed by atoms with Gasteiger partial charge in [-0.25, -0.2) is 14.4 Å². The first-order valence-corrected chi connectivity index (χ1v) is 38.0. The number of aliphatic hydroxyl groups excluding tert-OH is 2. The lowest BCUT2D eigenvalue weighted by atomic mass is 9.81.